The molecule has 156 valence electrons. The zero-order valence-corrected chi connectivity index (χ0v) is 18.1. The molecule has 0 aromatic carbocycles. The molecule has 0 aliphatic heterocycles. The van der Waals surface area contributed by atoms with Gasteiger partial charge >= 0.3 is 0 Å². The highest BCUT2D eigenvalue weighted by Crippen LogP contribution is 2.24. The van der Waals surface area contributed by atoms with E-state index in [9.17, 15) is 0 Å². The lowest BCUT2D eigenvalue weighted by Gasteiger charge is -2.30. The second-order valence-electron chi connectivity index (χ2n) is 7.88. The molecule has 0 amide bonds. The monoisotopic (exact) mass is 397 g/mol. The number of nitrogens with one attached hydrogen (secondary N) is 2. The van der Waals surface area contributed by atoms with Gasteiger partial charge in [-0.3, -0.25) is 9.88 Å². The number of hydrogen-bond acceptors (Lipinski definition) is 8. The lowest BCUT2D eigenvalue weighted by Crippen LogP contribution is -2.40. The standard InChI is InChI=1S/C20H31N9/c1-13(2)28(14(3)4)10-9-23-18-17-19(29(12-24-17)15(5)6)27-20(26-18)25-16-11-21-7-8-22-16/h7-8,11-15H,9-10H2,1-6H3,(H2,22,23,25,26,27). The van der Waals surface area contributed by atoms with Crippen LogP contribution < -0.4 is 10.6 Å². The molecular weight excluding hydrogens is 366 g/mol. The summed E-state index contributed by atoms with van der Waals surface area (Å²) in [6.45, 7) is 14.8. The molecule has 0 saturated carbocycles. The van der Waals surface area contributed by atoms with Gasteiger partial charge in [0.15, 0.2) is 22.8 Å². The topological polar surface area (TPSA) is 96.7 Å². The maximum atomic E-state index is 4.67. The maximum absolute atomic E-state index is 4.67. The summed E-state index contributed by atoms with van der Waals surface area (Å²) in [4.78, 5) is 24.7. The Hall–Kier alpha value is -2.81. The molecule has 0 bridgehead atoms. The molecule has 0 fully saturated rings. The molecule has 3 rings (SSSR count). The predicted octanol–water partition coefficient (Wildman–Crippen LogP) is 3.47. The summed E-state index contributed by atoms with van der Waals surface area (Å²) in [6, 6.07) is 1.21. The van der Waals surface area contributed by atoms with E-state index in [4.69, 9.17) is 0 Å². The zero-order valence-electron chi connectivity index (χ0n) is 18.1. The molecule has 0 unspecified atom stereocenters. The lowest BCUT2D eigenvalue weighted by molar-refractivity contribution is 0.182. The SMILES string of the molecule is CC(C)N(CCNc1nc(Nc2cnccn2)nc2c1ncn2C(C)C)C(C)C. The first-order valence-electron chi connectivity index (χ1n) is 10.1. The van der Waals surface area contributed by atoms with E-state index in [2.05, 4.69) is 82.0 Å². The van der Waals surface area contributed by atoms with Gasteiger partial charge in [-0.25, -0.2) is 9.97 Å². The van der Waals surface area contributed by atoms with Crippen molar-refractivity contribution in [2.75, 3.05) is 23.7 Å². The van der Waals surface area contributed by atoms with Crippen LogP contribution in [0.2, 0.25) is 0 Å². The van der Waals surface area contributed by atoms with Crippen molar-refractivity contribution in [2.45, 2.75) is 59.7 Å². The summed E-state index contributed by atoms with van der Waals surface area (Å²) in [5, 5.41) is 6.60. The van der Waals surface area contributed by atoms with E-state index in [0.29, 0.717) is 29.7 Å². The lowest BCUT2D eigenvalue weighted by atomic mass is 10.2. The molecule has 3 aromatic heterocycles. The van der Waals surface area contributed by atoms with Crippen LogP contribution in [0.4, 0.5) is 17.6 Å². The molecule has 29 heavy (non-hydrogen) atoms. The second-order valence-corrected chi connectivity index (χ2v) is 7.88. The van der Waals surface area contributed by atoms with Gasteiger partial charge in [-0.1, -0.05) is 0 Å². The van der Waals surface area contributed by atoms with Gasteiger partial charge in [0, 0.05) is 43.6 Å². The van der Waals surface area contributed by atoms with Crippen LogP contribution in [0.3, 0.4) is 0 Å². The molecule has 9 heteroatoms. The highest BCUT2D eigenvalue weighted by atomic mass is 15.2. The summed E-state index contributed by atoms with van der Waals surface area (Å²) in [5.41, 5.74) is 1.55. The minimum atomic E-state index is 0.240. The van der Waals surface area contributed by atoms with Gasteiger partial charge in [0.25, 0.3) is 0 Å². The highest BCUT2D eigenvalue weighted by molar-refractivity contribution is 5.84. The molecule has 9 nitrogen and oxygen atoms in total. The van der Waals surface area contributed by atoms with E-state index in [1.54, 1.807) is 18.6 Å². The third kappa shape index (κ3) is 4.97. The molecule has 3 heterocycles. The minimum absolute atomic E-state index is 0.240. The fourth-order valence-electron chi connectivity index (χ4n) is 3.37. The van der Waals surface area contributed by atoms with Crippen molar-refractivity contribution in [3.05, 3.63) is 24.9 Å². The molecule has 3 aromatic rings. The fourth-order valence-corrected chi connectivity index (χ4v) is 3.37. The van der Waals surface area contributed by atoms with E-state index < -0.39 is 0 Å². The van der Waals surface area contributed by atoms with Crippen LogP contribution in [-0.4, -0.2) is 59.6 Å². The van der Waals surface area contributed by atoms with Crippen LogP contribution in [0.25, 0.3) is 11.2 Å². The number of anilines is 3. The molecule has 0 atom stereocenters. The predicted molar refractivity (Wildman–Crippen MR) is 116 cm³/mol. The van der Waals surface area contributed by atoms with Gasteiger partial charge in [0.1, 0.15) is 0 Å². The van der Waals surface area contributed by atoms with Crippen LogP contribution in [-0.2, 0) is 0 Å². The molecule has 0 aliphatic rings. The molecule has 0 spiro atoms. The maximum Gasteiger partial charge on any atom is 0.232 e. The summed E-state index contributed by atoms with van der Waals surface area (Å²) >= 11 is 0. The normalized spacial score (nSPS) is 11.9. The van der Waals surface area contributed by atoms with Gasteiger partial charge in [-0.2, -0.15) is 9.97 Å². The van der Waals surface area contributed by atoms with Crippen molar-refractivity contribution >= 4 is 28.7 Å². The van der Waals surface area contributed by atoms with Crippen molar-refractivity contribution in [1.82, 2.24) is 34.4 Å². The average Bonchev–Trinajstić information content (AvgIpc) is 3.09. The summed E-state index contributed by atoms with van der Waals surface area (Å²) in [7, 11) is 0. The molecule has 2 N–H and O–H groups in total. The summed E-state index contributed by atoms with van der Waals surface area (Å²) < 4.78 is 2.04. The first-order valence-corrected chi connectivity index (χ1v) is 10.1. The Morgan fingerprint density at radius 3 is 2.38 bits per heavy atom. The van der Waals surface area contributed by atoms with Gasteiger partial charge in [-0.15, -0.1) is 0 Å². The van der Waals surface area contributed by atoms with Crippen molar-refractivity contribution in [3.63, 3.8) is 0 Å². The number of imidazole rings is 1. The van der Waals surface area contributed by atoms with E-state index in [1.807, 2.05) is 10.9 Å². The molecule has 0 saturated heterocycles. The van der Waals surface area contributed by atoms with Crippen molar-refractivity contribution in [3.8, 4) is 0 Å². The van der Waals surface area contributed by atoms with Gasteiger partial charge in [0.05, 0.1) is 12.5 Å². The molecule has 0 aliphatic carbocycles. The number of nitrogens with zero attached hydrogens (tertiary/aromatic N) is 7. The van der Waals surface area contributed by atoms with Gasteiger partial charge < -0.3 is 15.2 Å². The van der Waals surface area contributed by atoms with Crippen LogP contribution in [0.5, 0.6) is 0 Å². The van der Waals surface area contributed by atoms with Crippen LogP contribution in [0.15, 0.2) is 24.9 Å². The van der Waals surface area contributed by atoms with E-state index in [0.717, 1.165) is 24.3 Å². The van der Waals surface area contributed by atoms with Gasteiger partial charge in [0.2, 0.25) is 5.95 Å². The number of rotatable bonds is 9. The number of aromatic nitrogens is 6. The quantitative estimate of drug-likeness (QED) is 0.566. The first kappa shape index (κ1) is 20.9. The van der Waals surface area contributed by atoms with E-state index in [1.165, 1.54) is 0 Å². The van der Waals surface area contributed by atoms with Crippen LogP contribution in [0, 0.1) is 0 Å². The van der Waals surface area contributed by atoms with Crippen molar-refractivity contribution in [1.29, 1.82) is 0 Å². The summed E-state index contributed by atoms with van der Waals surface area (Å²) in [6.07, 6.45) is 6.72. The molecule has 0 radical (unpaired) electrons. The fraction of sp³-hybridized carbons (Fsp3) is 0.550. The largest absolute Gasteiger partial charge is 0.367 e. The smallest absolute Gasteiger partial charge is 0.232 e. The Balaban J connectivity index is 1.88. The summed E-state index contributed by atoms with van der Waals surface area (Å²) in [5.74, 6) is 1.78. The molecular formula is C20H31N9. The number of fused-ring (bicyclic) bond motifs is 1. The second kappa shape index (κ2) is 9.13. The Kier molecular flexibility index (Phi) is 6.58. The third-order valence-electron chi connectivity index (χ3n) is 4.77. The van der Waals surface area contributed by atoms with Crippen LogP contribution >= 0.6 is 0 Å². The van der Waals surface area contributed by atoms with Crippen LogP contribution in [0.1, 0.15) is 47.6 Å². The van der Waals surface area contributed by atoms with E-state index in [-0.39, 0.29) is 6.04 Å². The number of hydrogen-bond donors (Lipinski definition) is 2. The minimum Gasteiger partial charge on any atom is -0.367 e. The Morgan fingerprint density at radius 2 is 1.76 bits per heavy atom. The zero-order chi connectivity index (χ0) is 21.0. The van der Waals surface area contributed by atoms with E-state index >= 15 is 0 Å². The highest BCUT2D eigenvalue weighted by Gasteiger charge is 2.17. The third-order valence-corrected chi connectivity index (χ3v) is 4.77. The first-order chi connectivity index (χ1) is 13.9. The van der Waals surface area contributed by atoms with Crippen molar-refractivity contribution < 1.29 is 0 Å². The average molecular weight is 398 g/mol. The Morgan fingerprint density at radius 1 is 1.00 bits per heavy atom. The Bertz CT molecular complexity index is 910. The Labute approximate surface area is 172 Å². The van der Waals surface area contributed by atoms with Gasteiger partial charge in [-0.05, 0) is 41.5 Å². The van der Waals surface area contributed by atoms with Crippen molar-refractivity contribution in [2.24, 2.45) is 0 Å².